The predicted molar refractivity (Wildman–Crippen MR) is 456 cm³/mol. The van der Waals surface area contributed by atoms with Crippen LogP contribution in [-0.4, -0.2) is 130 Å². The van der Waals surface area contributed by atoms with Crippen molar-refractivity contribution in [2.75, 3.05) is 59.2 Å². The molecule has 0 unspecified atom stereocenters. The van der Waals surface area contributed by atoms with E-state index in [9.17, 15) is 38.4 Å². The number of hydrogen-bond donors (Lipinski definition) is 1. The van der Waals surface area contributed by atoms with Crippen LogP contribution < -0.4 is 10.9 Å². The summed E-state index contributed by atoms with van der Waals surface area (Å²) in [6.45, 7) is 94.6. The normalized spacial score (nSPS) is 17.4. The van der Waals surface area contributed by atoms with Crippen LogP contribution in [0.25, 0.3) is 0 Å². The lowest BCUT2D eigenvalue weighted by molar-refractivity contribution is -0.144. The Labute approximate surface area is 666 Å². The van der Waals surface area contributed by atoms with Crippen LogP contribution in [0.2, 0.25) is 0 Å². The Bertz CT molecular complexity index is 3500. The predicted octanol–water partition coefficient (Wildman–Crippen LogP) is 20.9. The molecule has 624 valence electrons. The maximum Gasteiger partial charge on any atom is 0.256 e. The number of hydrogen-bond acceptors (Lipinski definition) is 10. The number of ether oxygens (including phenoxy) is 1. The van der Waals surface area contributed by atoms with Crippen molar-refractivity contribution in [2.45, 2.75) is 353 Å². The fourth-order valence-electron chi connectivity index (χ4n) is 14.7. The second kappa shape index (κ2) is 38.2. The zero-order valence-corrected chi connectivity index (χ0v) is 78.0. The average molecular weight is 1520 g/mol. The van der Waals surface area contributed by atoms with Gasteiger partial charge in [-0.15, -0.1) is 0 Å². The molecule has 0 aromatic carbocycles. The quantitative estimate of drug-likeness (QED) is 0.198. The van der Waals surface area contributed by atoms with Gasteiger partial charge in [0, 0.05) is 108 Å². The summed E-state index contributed by atoms with van der Waals surface area (Å²) in [5.74, 6) is 1.45. The lowest BCUT2D eigenvalue weighted by Gasteiger charge is -2.40. The molecule has 5 aliphatic rings. The summed E-state index contributed by atoms with van der Waals surface area (Å²) in [6.07, 6.45) is 7.97. The SMILES string of the molecule is CCCN1C(=O)CC(C(C)(C)C)=C(C(C)(C)C)C1=O.CCCN1CC(=O)C(C(C)(C)C)=C(C(C)(C)C)C1=O.CCCN1CC(C(C)(C)C)=C(C(C)(C)C)C1=O.CCCN1CNC(C(C)(C)C)=C(C(C)(C)C)C1=O.CCCN1COC(C(C)(C)C)=C(C(C)(C)C)C1=O.CCCn1ccc(C(C)(C)C)c(C(C)(C)C)c1=O. The van der Waals surface area contributed by atoms with Gasteiger partial charge in [-0.25, -0.2) is 0 Å². The molecule has 0 radical (unpaired) electrons. The first-order chi connectivity index (χ1) is 48.8. The molecule has 0 aliphatic carbocycles. The number of rotatable bonds is 12. The van der Waals surface area contributed by atoms with Gasteiger partial charge in [-0.3, -0.25) is 43.3 Å². The van der Waals surface area contributed by atoms with Crippen molar-refractivity contribution in [1.29, 1.82) is 0 Å². The zero-order chi connectivity index (χ0) is 85.9. The molecule has 109 heavy (non-hydrogen) atoms. The Balaban J connectivity index is 0.000000654. The summed E-state index contributed by atoms with van der Waals surface area (Å²) in [4.78, 5) is 109. The highest BCUT2D eigenvalue weighted by Crippen LogP contribution is 2.46. The van der Waals surface area contributed by atoms with Gasteiger partial charge < -0.3 is 34.2 Å². The molecule has 6 heterocycles. The molecule has 6 amide bonds. The highest BCUT2D eigenvalue weighted by Gasteiger charge is 2.46. The van der Waals surface area contributed by atoms with Crippen molar-refractivity contribution in [3.8, 4) is 0 Å². The molecule has 1 N–H and O–H groups in total. The minimum atomic E-state index is -0.304. The fraction of sp³-hybridized carbons (Fsp3) is 0.763. The largest absolute Gasteiger partial charge is 0.476 e. The molecule has 16 heteroatoms. The Morgan fingerprint density at radius 2 is 0.706 bits per heavy atom. The molecule has 0 saturated heterocycles. The van der Waals surface area contributed by atoms with E-state index in [1.165, 1.54) is 16.0 Å². The number of allylic oxidation sites excluding steroid dienone is 2. The summed E-state index contributed by atoms with van der Waals surface area (Å²) >= 11 is 0. The van der Waals surface area contributed by atoms with Crippen molar-refractivity contribution < 1.29 is 38.3 Å². The Morgan fingerprint density at radius 3 is 1.06 bits per heavy atom. The van der Waals surface area contributed by atoms with Gasteiger partial charge in [0.2, 0.25) is 5.91 Å². The molecule has 0 bridgehead atoms. The number of amides is 6. The molecular formula is C93H163N7O9. The minimum Gasteiger partial charge on any atom is -0.476 e. The lowest BCUT2D eigenvalue weighted by Crippen LogP contribution is -2.50. The van der Waals surface area contributed by atoms with Crippen molar-refractivity contribution >= 4 is 41.2 Å². The Kier molecular flexibility index (Phi) is 35.4. The Morgan fingerprint density at radius 1 is 0.339 bits per heavy atom. The van der Waals surface area contributed by atoms with Gasteiger partial charge in [-0.05, 0) is 115 Å². The number of carbonyl (C=O) groups is 7. The smallest absolute Gasteiger partial charge is 0.256 e. The van der Waals surface area contributed by atoms with E-state index in [1.54, 1.807) is 9.80 Å². The number of carbonyl (C=O) groups excluding carboxylic acids is 7. The van der Waals surface area contributed by atoms with Gasteiger partial charge in [0.05, 0.1) is 18.8 Å². The second-order valence-electron chi connectivity index (χ2n) is 43.2. The van der Waals surface area contributed by atoms with Crippen molar-refractivity contribution in [3.63, 3.8) is 0 Å². The van der Waals surface area contributed by atoms with Crippen LogP contribution in [0.1, 0.15) is 347 Å². The van der Waals surface area contributed by atoms with E-state index >= 15 is 0 Å². The van der Waals surface area contributed by atoms with Gasteiger partial charge >= 0.3 is 0 Å². The average Bonchev–Trinajstić information content (AvgIpc) is 1.65. The summed E-state index contributed by atoms with van der Waals surface area (Å²) in [7, 11) is 0. The highest BCUT2D eigenvalue weighted by atomic mass is 16.5. The number of nitrogens with one attached hydrogen (secondary N) is 1. The molecule has 0 atom stereocenters. The Hall–Kier alpha value is -6.06. The van der Waals surface area contributed by atoms with E-state index in [0.717, 1.165) is 122 Å². The van der Waals surface area contributed by atoms with Gasteiger partial charge in [0.25, 0.3) is 35.1 Å². The van der Waals surface area contributed by atoms with E-state index in [0.29, 0.717) is 38.5 Å². The number of imide groups is 1. The number of pyridine rings is 1. The fourth-order valence-corrected chi connectivity index (χ4v) is 14.7. The maximum absolute atomic E-state index is 12.7. The molecule has 0 saturated carbocycles. The van der Waals surface area contributed by atoms with Crippen LogP contribution >= 0.6 is 0 Å². The van der Waals surface area contributed by atoms with Crippen LogP contribution in [0.15, 0.2) is 73.1 Å². The second-order valence-corrected chi connectivity index (χ2v) is 43.2. The van der Waals surface area contributed by atoms with E-state index < -0.39 is 0 Å². The molecule has 1 aromatic heterocycles. The monoisotopic (exact) mass is 1520 g/mol. The van der Waals surface area contributed by atoms with Gasteiger partial charge in [0.1, 0.15) is 5.76 Å². The number of Topliss-reactive ketones (excluding diaryl/α,β-unsaturated/α-hetero) is 1. The number of nitrogens with zero attached hydrogens (tertiary/aromatic N) is 6. The molecule has 5 aliphatic heterocycles. The summed E-state index contributed by atoms with van der Waals surface area (Å²) < 4.78 is 7.74. The van der Waals surface area contributed by atoms with Gasteiger partial charge in [-0.1, -0.05) is 291 Å². The van der Waals surface area contributed by atoms with Crippen LogP contribution in [0.4, 0.5) is 0 Å². The first kappa shape index (κ1) is 101. The van der Waals surface area contributed by atoms with E-state index in [2.05, 4.69) is 226 Å². The standard InChI is InChI=1S/2C16H27NO2.C16H27NO.C15H28N2O.C15H27NO2.C15H27NO/c1-8-9-17-10-11(18)12(15(2,3)4)13(14(17)19)16(5,6)7;1-8-9-17-12(18)10-11(15(2,3)4)13(14(17)19)16(5,6)7;1-8-10-17-11-9-12(15(2,3)4)13(14(17)18)16(5,6)7;1-8-9-17-10-16-12(15(5,6)7)11(13(17)18)14(2,3)4;1-8-9-16-10-18-12(15(5,6)7)11(13(16)17)14(2,3)4;1-8-9-16-10-11(14(2,3)4)12(13(16)17)15(5,6)7/h2*8-10H2,1-7H3;9,11H,8,10H2,1-7H3;16H,8-10H2,1-7H3;8-10H2,1-7H3;8-10H2,1-7H3. The van der Waals surface area contributed by atoms with E-state index in [4.69, 9.17) is 4.74 Å². The van der Waals surface area contributed by atoms with E-state index in [1.807, 2.05) is 96.7 Å². The molecule has 6 rings (SSSR count). The van der Waals surface area contributed by atoms with Gasteiger partial charge in [-0.2, -0.15) is 0 Å². The van der Waals surface area contributed by atoms with Gasteiger partial charge in [0.15, 0.2) is 12.5 Å². The van der Waals surface area contributed by atoms with Crippen LogP contribution in [0.5, 0.6) is 0 Å². The third kappa shape index (κ3) is 27.9. The molecule has 1 aromatic rings. The van der Waals surface area contributed by atoms with Crippen molar-refractivity contribution in [2.24, 2.45) is 54.1 Å². The minimum absolute atomic E-state index is 0.00702. The van der Waals surface area contributed by atoms with E-state index in [-0.39, 0.29) is 118 Å². The molecule has 0 spiro atoms. The number of aromatic nitrogens is 1. The van der Waals surface area contributed by atoms with Crippen LogP contribution in [0, 0.1) is 54.1 Å². The number of ketones is 1. The molecule has 0 fully saturated rings. The van der Waals surface area contributed by atoms with Crippen LogP contribution in [0.3, 0.4) is 0 Å². The summed E-state index contributed by atoms with van der Waals surface area (Å²) in [5.41, 5.74) is 9.30. The van der Waals surface area contributed by atoms with Crippen molar-refractivity contribution in [3.05, 3.63) is 89.8 Å². The van der Waals surface area contributed by atoms with Crippen molar-refractivity contribution in [1.82, 2.24) is 34.4 Å². The summed E-state index contributed by atoms with van der Waals surface area (Å²) in [6, 6.07) is 2.12. The molecular weight excluding hydrogens is 1360 g/mol. The highest BCUT2D eigenvalue weighted by molar-refractivity contribution is 6.13. The topological polar surface area (TPSA) is 179 Å². The van der Waals surface area contributed by atoms with Crippen LogP contribution in [-0.2, 0) is 55.7 Å². The zero-order valence-electron chi connectivity index (χ0n) is 78.0. The third-order valence-electron chi connectivity index (χ3n) is 19.5. The first-order valence-corrected chi connectivity index (χ1v) is 41.2. The third-order valence-corrected chi connectivity index (χ3v) is 19.5. The lowest BCUT2D eigenvalue weighted by atomic mass is 9.71. The first-order valence-electron chi connectivity index (χ1n) is 41.2. The maximum atomic E-state index is 12.7. The number of aryl methyl sites for hydroxylation is 1. The summed E-state index contributed by atoms with van der Waals surface area (Å²) in [5, 5.41) is 3.47. The molecule has 16 nitrogen and oxygen atoms in total.